The minimum atomic E-state index is 0.160. The van der Waals surface area contributed by atoms with E-state index in [-0.39, 0.29) is 5.41 Å². The van der Waals surface area contributed by atoms with E-state index in [0.717, 1.165) is 17.1 Å². The molecule has 0 amide bonds. The summed E-state index contributed by atoms with van der Waals surface area (Å²) in [5.74, 6) is 0. The average molecular weight is 156 g/mol. The molecule has 1 aliphatic heterocycles. The zero-order chi connectivity index (χ0) is 7.78. The Kier molecular flexibility index (Phi) is 1.77. The molecule has 0 aliphatic carbocycles. The Morgan fingerprint density at radius 1 is 1.50 bits per heavy atom. The molecule has 3 heteroatoms. The third-order valence-corrected chi connectivity index (χ3v) is 1.74. The highest BCUT2D eigenvalue weighted by molar-refractivity contribution is 7.80. The fourth-order valence-corrected chi connectivity index (χ4v) is 0.976. The molecule has 0 radical (unpaired) electrons. The number of hydrogen-bond donors (Lipinski definition) is 1. The second-order valence-electron chi connectivity index (χ2n) is 3.52. The normalized spacial score (nSPS) is 18.7. The van der Waals surface area contributed by atoms with Gasteiger partial charge in [0, 0.05) is 11.8 Å². The van der Waals surface area contributed by atoms with Gasteiger partial charge in [-0.05, 0) is 0 Å². The molecule has 1 rings (SSSR count). The maximum Gasteiger partial charge on any atom is 0.102 e. The van der Waals surface area contributed by atoms with Crippen LogP contribution in [0.25, 0.3) is 0 Å². The topological polar surface area (TPSA) is 24.4 Å². The van der Waals surface area contributed by atoms with E-state index in [1.54, 1.807) is 0 Å². The van der Waals surface area contributed by atoms with Crippen LogP contribution in [0.2, 0.25) is 0 Å². The van der Waals surface area contributed by atoms with E-state index in [9.17, 15) is 0 Å². The van der Waals surface area contributed by atoms with Gasteiger partial charge in [0.05, 0.1) is 5.71 Å². The highest BCUT2D eigenvalue weighted by Gasteiger charge is 2.23. The number of nitrogens with one attached hydrogen (secondary N) is 1. The van der Waals surface area contributed by atoms with Crippen LogP contribution >= 0.6 is 12.2 Å². The third-order valence-electron chi connectivity index (χ3n) is 1.51. The van der Waals surface area contributed by atoms with Gasteiger partial charge < -0.3 is 0 Å². The molecule has 0 aromatic carbocycles. The second kappa shape index (κ2) is 2.31. The summed E-state index contributed by atoms with van der Waals surface area (Å²) in [4.78, 5) is 0.838. The maximum atomic E-state index is 4.94. The number of rotatable bonds is 0. The Hall–Kier alpha value is -0.440. The van der Waals surface area contributed by atoms with Crippen LogP contribution < -0.4 is 5.43 Å². The van der Waals surface area contributed by atoms with Crippen LogP contribution in [0.3, 0.4) is 0 Å². The molecule has 0 bridgehead atoms. The van der Waals surface area contributed by atoms with Gasteiger partial charge in [-0.2, -0.15) is 5.10 Å². The maximum absolute atomic E-state index is 4.94. The molecule has 56 valence electrons. The van der Waals surface area contributed by atoms with Crippen molar-refractivity contribution in [2.75, 3.05) is 0 Å². The first-order valence-electron chi connectivity index (χ1n) is 3.36. The van der Waals surface area contributed by atoms with Crippen LogP contribution in [0.4, 0.5) is 0 Å². The largest absolute Gasteiger partial charge is 0.271 e. The van der Waals surface area contributed by atoms with Gasteiger partial charge in [-0.25, -0.2) is 0 Å². The van der Waals surface area contributed by atoms with Crippen LogP contribution in [0.15, 0.2) is 5.10 Å². The van der Waals surface area contributed by atoms with Crippen molar-refractivity contribution < 1.29 is 0 Å². The van der Waals surface area contributed by atoms with E-state index < -0.39 is 0 Å². The van der Waals surface area contributed by atoms with Crippen molar-refractivity contribution in [3.05, 3.63) is 0 Å². The molecule has 0 atom stereocenters. The van der Waals surface area contributed by atoms with Crippen LogP contribution in [-0.2, 0) is 0 Å². The van der Waals surface area contributed by atoms with Crippen molar-refractivity contribution in [2.45, 2.75) is 27.2 Å². The highest BCUT2D eigenvalue weighted by atomic mass is 32.1. The molecule has 0 fully saturated rings. The number of hydrogen-bond acceptors (Lipinski definition) is 2. The summed E-state index contributed by atoms with van der Waals surface area (Å²) in [6.07, 6.45) is 0.832. The van der Waals surface area contributed by atoms with Gasteiger partial charge in [0.15, 0.2) is 0 Å². The zero-order valence-corrected chi connectivity index (χ0v) is 7.38. The molecule has 2 nitrogen and oxygen atoms in total. The Balaban J connectivity index is 2.69. The summed E-state index contributed by atoms with van der Waals surface area (Å²) < 4.78 is 0. The summed E-state index contributed by atoms with van der Waals surface area (Å²) in [7, 11) is 0. The van der Waals surface area contributed by atoms with E-state index in [1.165, 1.54) is 0 Å². The van der Waals surface area contributed by atoms with Crippen molar-refractivity contribution in [1.29, 1.82) is 0 Å². The van der Waals surface area contributed by atoms with E-state index in [2.05, 4.69) is 31.3 Å². The fourth-order valence-electron chi connectivity index (χ4n) is 0.794. The minimum absolute atomic E-state index is 0.160. The lowest BCUT2D eigenvalue weighted by atomic mass is 9.89. The van der Waals surface area contributed by atoms with E-state index in [4.69, 9.17) is 12.2 Å². The van der Waals surface area contributed by atoms with Crippen LogP contribution in [0.1, 0.15) is 27.2 Å². The number of thiocarbonyl (C=S) groups is 1. The average Bonchev–Trinajstić information content (AvgIpc) is 2.11. The van der Waals surface area contributed by atoms with Gasteiger partial charge in [0.25, 0.3) is 0 Å². The van der Waals surface area contributed by atoms with E-state index in [1.807, 2.05) is 0 Å². The lowest BCUT2D eigenvalue weighted by molar-refractivity contribution is 0.584. The molecule has 0 saturated carbocycles. The van der Waals surface area contributed by atoms with E-state index >= 15 is 0 Å². The Labute approximate surface area is 66.7 Å². The Bertz CT molecular complexity index is 188. The van der Waals surface area contributed by atoms with Crippen LogP contribution in [0, 0.1) is 5.41 Å². The monoisotopic (exact) mass is 156 g/mol. The fraction of sp³-hybridized carbons (Fsp3) is 0.714. The first kappa shape index (κ1) is 7.66. The first-order chi connectivity index (χ1) is 4.50. The molecule has 10 heavy (non-hydrogen) atoms. The van der Waals surface area contributed by atoms with Gasteiger partial charge >= 0.3 is 0 Å². The van der Waals surface area contributed by atoms with Crippen molar-refractivity contribution >= 4 is 22.9 Å². The second-order valence-corrected chi connectivity index (χ2v) is 4.01. The SMILES string of the molecule is CC(C)(C)C1=NNC(=S)C1. The lowest BCUT2D eigenvalue weighted by Crippen LogP contribution is -2.18. The van der Waals surface area contributed by atoms with Gasteiger partial charge in [-0.1, -0.05) is 33.0 Å². The number of nitrogens with zero attached hydrogens (tertiary/aromatic N) is 1. The van der Waals surface area contributed by atoms with Gasteiger partial charge in [0.2, 0.25) is 0 Å². The first-order valence-corrected chi connectivity index (χ1v) is 3.77. The number of hydrazone groups is 1. The standard InChI is InChI=1S/C7H12N2S/c1-7(2,3)5-4-6(10)9-8-5/h4H2,1-3H3,(H,9,10). The molecule has 0 spiro atoms. The van der Waals surface area contributed by atoms with E-state index in [0.29, 0.717) is 0 Å². The molecule has 1 heterocycles. The molecule has 1 aliphatic rings. The van der Waals surface area contributed by atoms with Crippen molar-refractivity contribution in [2.24, 2.45) is 10.5 Å². The summed E-state index contributed by atoms with van der Waals surface area (Å²) >= 11 is 4.94. The molecule has 0 unspecified atom stereocenters. The Morgan fingerprint density at radius 2 is 2.10 bits per heavy atom. The summed E-state index contributed by atoms with van der Waals surface area (Å²) in [5, 5.41) is 4.11. The van der Waals surface area contributed by atoms with Crippen molar-refractivity contribution in [3.8, 4) is 0 Å². The highest BCUT2D eigenvalue weighted by Crippen LogP contribution is 2.20. The summed E-state index contributed by atoms with van der Waals surface area (Å²) in [6.45, 7) is 6.42. The molecule has 0 aromatic rings. The van der Waals surface area contributed by atoms with Crippen molar-refractivity contribution in [3.63, 3.8) is 0 Å². The summed E-state index contributed by atoms with van der Waals surface area (Å²) in [5.41, 5.74) is 4.11. The third kappa shape index (κ3) is 1.53. The zero-order valence-electron chi connectivity index (χ0n) is 6.56. The lowest BCUT2D eigenvalue weighted by Gasteiger charge is -2.16. The molecule has 0 saturated heterocycles. The summed E-state index contributed by atoms with van der Waals surface area (Å²) in [6, 6.07) is 0. The quantitative estimate of drug-likeness (QED) is 0.540. The molecule has 0 aromatic heterocycles. The van der Waals surface area contributed by atoms with Crippen LogP contribution in [0.5, 0.6) is 0 Å². The van der Waals surface area contributed by atoms with Gasteiger partial charge in [0.1, 0.15) is 4.99 Å². The molecule has 1 N–H and O–H groups in total. The van der Waals surface area contributed by atoms with Gasteiger partial charge in [-0.15, -0.1) is 0 Å². The molecular formula is C7H12N2S. The smallest absolute Gasteiger partial charge is 0.102 e. The minimum Gasteiger partial charge on any atom is -0.271 e. The predicted molar refractivity (Wildman–Crippen MR) is 47.2 cm³/mol. The Morgan fingerprint density at radius 3 is 2.30 bits per heavy atom. The van der Waals surface area contributed by atoms with Gasteiger partial charge in [-0.3, -0.25) is 5.43 Å². The van der Waals surface area contributed by atoms with Crippen molar-refractivity contribution in [1.82, 2.24) is 5.43 Å². The predicted octanol–water partition coefficient (Wildman–Crippen LogP) is 1.71. The van der Waals surface area contributed by atoms with Crippen LogP contribution in [-0.4, -0.2) is 10.7 Å². The molecular weight excluding hydrogens is 144 g/mol.